The van der Waals surface area contributed by atoms with E-state index in [1.807, 2.05) is 0 Å². The Labute approximate surface area is 85.8 Å². The van der Waals surface area contributed by atoms with E-state index in [-0.39, 0.29) is 0 Å². The number of piperidine rings is 1. The SMILES string of the molecule is CCCC(=O)N1CCC2NCCCC21. The molecule has 0 aromatic heterocycles. The summed E-state index contributed by atoms with van der Waals surface area (Å²) in [7, 11) is 0. The van der Waals surface area contributed by atoms with Crippen LogP contribution in [0.1, 0.15) is 39.0 Å². The molecule has 2 heterocycles. The number of fused-ring (bicyclic) bond motifs is 1. The number of likely N-dealkylation sites (tertiary alicyclic amines) is 1. The van der Waals surface area contributed by atoms with Crippen molar-refractivity contribution in [3.05, 3.63) is 0 Å². The van der Waals surface area contributed by atoms with Crippen LogP contribution in [0, 0.1) is 0 Å². The molecule has 2 saturated heterocycles. The van der Waals surface area contributed by atoms with Crippen LogP contribution in [-0.4, -0.2) is 36.0 Å². The number of carbonyl (C=O) groups excluding carboxylic acids is 1. The lowest BCUT2D eigenvalue weighted by Crippen LogP contribution is -2.48. The van der Waals surface area contributed by atoms with Crippen LogP contribution in [0.5, 0.6) is 0 Å². The standard InChI is InChI=1S/C11H20N2O/c1-2-4-11(14)13-8-6-9-10(13)5-3-7-12-9/h9-10,12H,2-8H2,1H3. The van der Waals surface area contributed by atoms with E-state index in [1.54, 1.807) is 0 Å². The van der Waals surface area contributed by atoms with Crippen LogP contribution in [0.3, 0.4) is 0 Å². The van der Waals surface area contributed by atoms with Gasteiger partial charge in [0.05, 0.1) is 0 Å². The van der Waals surface area contributed by atoms with E-state index in [9.17, 15) is 4.79 Å². The minimum atomic E-state index is 0.365. The molecule has 0 bridgehead atoms. The number of amides is 1. The molecule has 0 spiro atoms. The quantitative estimate of drug-likeness (QED) is 0.718. The molecule has 2 atom stereocenters. The van der Waals surface area contributed by atoms with Crippen molar-refractivity contribution in [3.63, 3.8) is 0 Å². The first-order valence-electron chi connectivity index (χ1n) is 5.85. The summed E-state index contributed by atoms with van der Waals surface area (Å²) in [5.41, 5.74) is 0. The van der Waals surface area contributed by atoms with E-state index in [0.29, 0.717) is 18.0 Å². The maximum atomic E-state index is 11.8. The normalized spacial score (nSPS) is 31.6. The first-order valence-corrected chi connectivity index (χ1v) is 5.85. The molecule has 0 aromatic rings. The van der Waals surface area contributed by atoms with Crippen LogP contribution in [-0.2, 0) is 4.79 Å². The highest BCUT2D eigenvalue weighted by Crippen LogP contribution is 2.25. The zero-order valence-corrected chi connectivity index (χ0v) is 8.96. The van der Waals surface area contributed by atoms with Crippen LogP contribution < -0.4 is 5.32 Å². The molecule has 0 aromatic carbocycles. The molecule has 2 fully saturated rings. The van der Waals surface area contributed by atoms with Gasteiger partial charge in [-0.05, 0) is 32.2 Å². The zero-order chi connectivity index (χ0) is 9.97. The average Bonchev–Trinajstić information content (AvgIpc) is 2.61. The molecule has 3 nitrogen and oxygen atoms in total. The van der Waals surface area contributed by atoms with Crippen LogP contribution in [0.4, 0.5) is 0 Å². The van der Waals surface area contributed by atoms with Gasteiger partial charge in [0, 0.05) is 25.0 Å². The van der Waals surface area contributed by atoms with Crippen LogP contribution >= 0.6 is 0 Å². The Balaban J connectivity index is 1.96. The van der Waals surface area contributed by atoms with Gasteiger partial charge in [-0.3, -0.25) is 4.79 Å². The highest BCUT2D eigenvalue weighted by Gasteiger charge is 2.37. The Morgan fingerprint density at radius 1 is 1.50 bits per heavy atom. The number of hydrogen-bond donors (Lipinski definition) is 1. The number of nitrogens with zero attached hydrogens (tertiary/aromatic N) is 1. The van der Waals surface area contributed by atoms with Crippen molar-refractivity contribution in [2.75, 3.05) is 13.1 Å². The van der Waals surface area contributed by atoms with E-state index in [1.165, 1.54) is 12.8 Å². The summed E-state index contributed by atoms with van der Waals surface area (Å²) in [5.74, 6) is 0.365. The fourth-order valence-corrected chi connectivity index (χ4v) is 2.71. The van der Waals surface area contributed by atoms with Gasteiger partial charge in [0.25, 0.3) is 0 Å². The van der Waals surface area contributed by atoms with Gasteiger partial charge >= 0.3 is 0 Å². The van der Waals surface area contributed by atoms with Gasteiger partial charge < -0.3 is 10.2 Å². The summed E-state index contributed by atoms with van der Waals surface area (Å²) in [4.78, 5) is 13.9. The summed E-state index contributed by atoms with van der Waals surface area (Å²) in [6, 6.07) is 1.09. The number of hydrogen-bond acceptors (Lipinski definition) is 2. The Morgan fingerprint density at radius 2 is 2.36 bits per heavy atom. The fourth-order valence-electron chi connectivity index (χ4n) is 2.71. The first kappa shape index (κ1) is 9.97. The third-order valence-corrected chi connectivity index (χ3v) is 3.41. The highest BCUT2D eigenvalue weighted by atomic mass is 16.2. The fraction of sp³-hybridized carbons (Fsp3) is 0.909. The molecule has 14 heavy (non-hydrogen) atoms. The Kier molecular flexibility index (Phi) is 3.06. The highest BCUT2D eigenvalue weighted by molar-refractivity contribution is 5.77. The van der Waals surface area contributed by atoms with Crippen LogP contribution in [0.25, 0.3) is 0 Å². The molecular formula is C11H20N2O. The summed E-state index contributed by atoms with van der Waals surface area (Å²) < 4.78 is 0. The van der Waals surface area contributed by atoms with E-state index in [2.05, 4.69) is 17.1 Å². The third kappa shape index (κ3) is 1.78. The summed E-state index contributed by atoms with van der Waals surface area (Å²) in [6.07, 6.45) is 5.27. The van der Waals surface area contributed by atoms with Crippen molar-refractivity contribution >= 4 is 5.91 Å². The summed E-state index contributed by atoms with van der Waals surface area (Å²) in [5, 5.41) is 3.51. The topological polar surface area (TPSA) is 32.3 Å². The maximum absolute atomic E-state index is 11.8. The molecule has 2 aliphatic rings. The van der Waals surface area contributed by atoms with Gasteiger partial charge in [0.1, 0.15) is 0 Å². The number of rotatable bonds is 2. The Hall–Kier alpha value is -0.570. The van der Waals surface area contributed by atoms with Crippen molar-refractivity contribution in [3.8, 4) is 0 Å². The molecule has 2 aliphatic heterocycles. The van der Waals surface area contributed by atoms with Gasteiger partial charge in [-0.25, -0.2) is 0 Å². The van der Waals surface area contributed by atoms with Gasteiger partial charge in [-0.1, -0.05) is 6.92 Å². The predicted octanol–water partition coefficient (Wildman–Crippen LogP) is 1.14. The zero-order valence-electron chi connectivity index (χ0n) is 8.96. The van der Waals surface area contributed by atoms with E-state index in [0.717, 1.165) is 32.4 Å². The second-order valence-corrected chi connectivity index (χ2v) is 4.40. The van der Waals surface area contributed by atoms with Gasteiger partial charge in [-0.15, -0.1) is 0 Å². The molecule has 0 aliphatic carbocycles. The maximum Gasteiger partial charge on any atom is 0.222 e. The van der Waals surface area contributed by atoms with Gasteiger partial charge in [0.15, 0.2) is 0 Å². The van der Waals surface area contributed by atoms with E-state index >= 15 is 0 Å². The molecular weight excluding hydrogens is 176 g/mol. The molecule has 0 saturated carbocycles. The molecule has 3 heteroatoms. The van der Waals surface area contributed by atoms with Crippen molar-refractivity contribution in [2.24, 2.45) is 0 Å². The minimum absolute atomic E-state index is 0.365. The monoisotopic (exact) mass is 196 g/mol. The molecule has 0 radical (unpaired) electrons. The van der Waals surface area contributed by atoms with Gasteiger partial charge in [-0.2, -0.15) is 0 Å². The minimum Gasteiger partial charge on any atom is -0.338 e. The predicted molar refractivity (Wildman–Crippen MR) is 56.1 cm³/mol. The molecule has 80 valence electrons. The molecule has 2 rings (SSSR count). The Morgan fingerprint density at radius 3 is 3.14 bits per heavy atom. The van der Waals surface area contributed by atoms with Crippen molar-refractivity contribution in [2.45, 2.75) is 51.1 Å². The van der Waals surface area contributed by atoms with Crippen molar-refractivity contribution in [1.82, 2.24) is 10.2 Å². The lowest BCUT2D eigenvalue weighted by Gasteiger charge is -2.32. The lowest BCUT2D eigenvalue weighted by molar-refractivity contribution is -0.132. The van der Waals surface area contributed by atoms with E-state index in [4.69, 9.17) is 0 Å². The Bertz CT molecular complexity index is 217. The smallest absolute Gasteiger partial charge is 0.222 e. The first-order chi connectivity index (χ1) is 6.83. The molecule has 2 unspecified atom stereocenters. The number of carbonyl (C=O) groups is 1. The molecule has 1 N–H and O–H groups in total. The average molecular weight is 196 g/mol. The second-order valence-electron chi connectivity index (χ2n) is 4.40. The summed E-state index contributed by atoms with van der Waals surface area (Å²) in [6.45, 7) is 4.18. The third-order valence-electron chi connectivity index (χ3n) is 3.41. The van der Waals surface area contributed by atoms with Crippen molar-refractivity contribution in [1.29, 1.82) is 0 Å². The number of nitrogens with one attached hydrogen (secondary N) is 1. The van der Waals surface area contributed by atoms with Crippen LogP contribution in [0.15, 0.2) is 0 Å². The second kappa shape index (κ2) is 4.30. The van der Waals surface area contributed by atoms with E-state index < -0.39 is 0 Å². The van der Waals surface area contributed by atoms with Crippen molar-refractivity contribution < 1.29 is 4.79 Å². The van der Waals surface area contributed by atoms with Crippen LogP contribution in [0.2, 0.25) is 0 Å². The largest absolute Gasteiger partial charge is 0.338 e. The summed E-state index contributed by atoms with van der Waals surface area (Å²) >= 11 is 0. The van der Waals surface area contributed by atoms with Gasteiger partial charge in [0.2, 0.25) is 5.91 Å². The molecule has 1 amide bonds. The lowest BCUT2D eigenvalue weighted by atomic mass is 9.99.